The predicted molar refractivity (Wildman–Crippen MR) is 224 cm³/mol. The van der Waals surface area contributed by atoms with Crippen LogP contribution in [0.25, 0.3) is 45.1 Å². The molecular weight excluding hydrogens is 885 g/mol. The summed E-state index contributed by atoms with van der Waals surface area (Å²) in [5.74, 6) is 1.93. The van der Waals surface area contributed by atoms with Gasteiger partial charge in [0.1, 0.15) is 11.4 Å². The Balaban J connectivity index is 0.00000392. The monoisotopic (exact) mass is 950 g/mol. The van der Waals surface area contributed by atoms with Crippen molar-refractivity contribution in [2.45, 2.75) is 181 Å². The fraction of sp³-hybridized carbons (Fsp3) is 0.596. The number of rotatable bonds is 28. The number of imidazole rings is 2. The van der Waals surface area contributed by atoms with E-state index in [1.807, 2.05) is 0 Å². The Kier molecular flexibility index (Phi) is 29.8. The van der Waals surface area contributed by atoms with Gasteiger partial charge in [-0.05, 0) is 49.2 Å². The molecule has 0 unspecified atom stereocenters. The van der Waals surface area contributed by atoms with Crippen LogP contribution in [0.1, 0.15) is 168 Å². The Hall–Kier alpha value is -1.25. The van der Waals surface area contributed by atoms with E-state index in [1.54, 1.807) is 0 Å². The molecule has 5 nitrogen and oxygen atoms in total. The van der Waals surface area contributed by atoms with Crippen molar-refractivity contribution in [2.24, 2.45) is 0 Å². The van der Waals surface area contributed by atoms with Crippen LogP contribution in [0, 0.1) is 40.8 Å². The van der Waals surface area contributed by atoms with Gasteiger partial charge in [-0.15, -0.1) is 0 Å². The van der Waals surface area contributed by atoms with Gasteiger partial charge in [-0.1, -0.05) is 185 Å². The van der Waals surface area contributed by atoms with Crippen LogP contribution >= 0.6 is 0 Å². The van der Waals surface area contributed by atoms with Crippen molar-refractivity contribution < 1.29 is 78.1 Å². The van der Waals surface area contributed by atoms with E-state index >= 15 is 0 Å². The molecule has 9 heteroatoms. The first-order valence-corrected chi connectivity index (χ1v) is 21.7. The smallest absolute Gasteiger partial charge is 1.00 e. The molecule has 1 radical (unpaired) electrons. The molecule has 307 valence electrons. The van der Waals surface area contributed by atoms with Crippen molar-refractivity contribution in [1.82, 2.24) is 24.1 Å². The summed E-state index contributed by atoms with van der Waals surface area (Å²) in [6.45, 7) is 6.53. The fourth-order valence-corrected chi connectivity index (χ4v) is 7.90. The normalized spacial score (nSPS) is 10.9. The quantitative estimate of drug-likeness (QED) is 0.0621. The van der Waals surface area contributed by atoms with E-state index in [0.29, 0.717) is 0 Å². The molecule has 0 aliphatic heterocycles. The van der Waals surface area contributed by atoms with E-state index in [2.05, 4.69) is 89.7 Å². The Bertz CT molecular complexity index is 1600. The van der Waals surface area contributed by atoms with E-state index in [4.69, 9.17) is 15.0 Å². The van der Waals surface area contributed by atoms with Crippen molar-refractivity contribution in [3.8, 4) is 23.0 Å². The van der Waals surface area contributed by atoms with Crippen molar-refractivity contribution >= 4 is 22.1 Å². The molecule has 0 N–H and O–H groups in total. The third-order valence-corrected chi connectivity index (χ3v) is 11.0. The predicted octanol–water partition coefficient (Wildman–Crippen LogP) is 5.53. The summed E-state index contributed by atoms with van der Waals surface area (Å²) in [5, 5.41) is 0. The van der Waals surface area contributed by atoms with Crippen molar-refractivity contribution in [3.63, 3.8) is 0 Å². The summed E-state index contributed by atoms with van der Waals surface area (Å²) in [7, 11) is 0. The van der Waals surface area contributed by atoms with E-state index in [9.17, 15) is 0 Å². The second-order valence-electron chi connectivity index (χ2n) is 15.3. The van der Waals surface area contributed by atoms with E-state index in [0.717, 1.165) is 47.2 Å². The zero-order valence-corrected chi connectivity index (χ0v) is 40.1. The zero-order chi connectivity index (χ0) is 36.1. The molecule has 3 heterocycles. The number of pyridine rings is 1. The van der Waals surface area contributed by atoms with Crippen LogP contribution in [0.4, 0.5) is 0 Å². The molecule has 0 saturated carbocycles. The molecule has 0 bridgehead atoms. The molecule has 0 saturated heterocycles. The first-order valence-electron chi connectivity index (χ1n) is 21.7. The third kappa shape index (κ3) is 17.2. The molecule has 5 rings (SSSR count). The van der Waals surface area contributed by atoms with E-state index in [-0.39, 0.29) is 78.1 Å². The average molecular weight is 955 g/mol. The SMILES string of the molecule is CCCCCCCCCCCCCCn1c(-c2cccc(-c3nc4ccccc4n3CCCCCCCCCCCCCC)n2)nc2ccccc21.[Cl-].[Cl-].[Cl-].[Nd+3]. The van der Waals surface area contributed by atoms with Gasteiger partial charge in [-0.3, -0.25) is 0 Å². The number of fused-ring (bicyclic) bond motifs is 2. The first kappa shape index (κ1) is 52.8. The summed E-state index contributed by atoms with van der Waals surface area (Å²) in [5.41, 5.74) is 6.35. The van der Waals surface area contributed by atoms with E-state index in [1.165, 1.54) is 165 Å². The topological polar surface area (TPSA) is 48.5 Å². The number of unbranched alkanes of at least 4 members (excludes halogenated alkanes) is 22. The second-order valence-corrected chi connectivity index (χ2v) is 15.3. The molecule has 3 aromatic heterocycles. The van der Waals surface area contributed by atoms with Gasteiger partial charge in [0.25, 0.3) is 0 Å². The van der Waals surface area contributed by atoms with Gasteiger partial charge < -0.3 is 46.4 Å². The fourth-order valence-electron chi connectivity index (χ4n) is 7.90. The van der Waals surface area contributed by atoms with Crippen molar-refractivity contribution in [2.75, 3.05) is 0 Å². The molecular formula is C47H69Cl3N5Nd. The molecule has 0 aliphatic rings. The minimum atomic E-state index is 0. The van der Waals surface area contributed by atoms with Crippen LogP contribution in [-0.2, 0) is 13.1 Å². The maximum Gasteiger partial charge on any atom is 3.00 e. The number of benzene rings is 2. The summed E-state index contributed by atoms with van der Waals surface area (Å²) >= 11 is 0. The molecule has 0 amide bonds. The van der Waals surface area contributed by atoms with Gasteiger partial charge in [0.05, 0.1) is 22.1 Å². The van der Waals surface area contributed by atoms with Crippen LogP contribution in [0.5, 0.6) is 0 Å². The molecule has 0 aliphatic carbocycles. The molecule has 0 atom stereocenters. The van der Waals surface area contributed by atoms with Gasteiger partial charge in [0, 0.05) is 13.1 Å². The molecule has 0 fully saturated rings. The molecule has 0 spiro atoms. The van der Waals surface area contributed by atoms with Crippen LogP contribution in [0.2, 0.25) is 0 Å². The number of hydrogen-bond donors (Lipinski definition) is 0. The van der Waals surface area contributed by atoms with Crippen molar-refractivity contribution in [1.29, 1.82) is 0 Å². The summed E-state index contributed by atoms with van der Waals surface area (Å²) < 4.78 is 4.82. The largest absolute Gasteiger partial charge is 3.00 e. The summed E-state index contributed by atoms with van der Waals surface area (Å²) in [6.07, 6.45) is 32.6. The standard InChI is InChI=1S/C47H69N5.3ClH.Nd/c1-3-5-7-9-11-13-15-17-19-21-23-29-38-51-44-36-27-25-32-40(44)49-46(51)42-34-31-35-43(48-42)47-50-41-33-26-28-37-45(41)52(47)39-30-24-22-20-18-16-14-12-10-8-6-4-2;;;;/h25-28,31-37H,3-24,29-30,38-39H2,1-2H3;3*1H;/q;;;;+3/p-3. The number of hydrogen-bond acceptors (Lipinski definition) is 3. The minimum Gasteiger partial charge on any atom is -1.00 e. The minimum absolute atomic E-state index is 0. The van der Waals surface area contributed by atoms with Gasteiger partial charge in [-0.2, -0.15) is 0 Å². The Morgan fingerprint density at radius 2 is 0.661 bits per heavy atom. The number of para-hydroxylation sites is 4. The number of aromatic nitrogens is 5. The van der Waals surface area contributed by atoms with Crippen LogP contribution in [0.3, 0.4) is 0 Å². The van der Waals surface area contributed by atoms with Gasteiger partial charge in [-0.25, -0.2) is 15.0 Å². The number of nitrogens with zero attached hydrogens (tertiary/aromatic N) is 5. The van der Waals surface area contributed by atoms with Crippen LogP contribution in [-0.4, -0.2) is 24.1 Å². The van der Waals surface area contributed by atoms with Crippen LogP contribution < -0.4 is 37.2 Å². The molecule has 2 aromatic carbocycles. The molecule has 5 aromatic rings. The average Bonchev–Trinajstić information content (AvgIpc) is 3.74. The van der Waals surface area contributed by atoms with Gasteiger partial charge >= 0.3 is 40.8 Å². The zero-order valence-electron chi connectivity index (χ0n) is 34.6. The number of aryl methyl sites for hydroxylation is 2. The Morgan fingerprint density at radius 3 is 1.00 bits per heavy atom. The maximum atomic E-state index is 5.28. The van der Waals surface area contributed by atoms with Gasteiger partial charge in [0.15, 0.2) is 11.6 Å². The Morgan fingerprint density at radius 1 is 0.357 bits per heavy atom. The summed E-state index contributed by atoms with van der Waals surface area (Å²) in [6, 6.07) is 23.5. The Labute approximate surface area is 391 Å². The third-order valence-electron chi connectivity index (χ3n) is 11.0. The van der Waals surface area contributed by atoms with Gasteiger partial charge in [0.2, 0.25) is 0 Å². The van der Waals surface area contributed by atoms with E-state index < -0.39 is 0 Å². The van der Waals surface area contributed by atoms with Crippen molar-refractivity contribution in [3.05, 3.63) is 66.7 Å². The van der Waals surface area contributed by atoms with Crippen LogP contribution in [0.15, 0.2) is 66.7 Å². The molecule has 56 heavy (non-hydrogen) atoms. The number of halogens is 3. The maximum absolute atomic E-state index is 5.28. The first-order chi connectivity index (χ1) is 25.8. The second kappa shape index (κ2) is 31.6. The summed E-state index contributed by atoms with van der Waals surface area (Å²) in [4.78, 5) is 15.6.